The molecule has 0 unspecified atom stereocenters. The van der Waals surface area contributed by atoms with Gasteiger partial charge in [-0.25, -0.2) is 5.48 Å². The van der Waals surface area contributed by atoms with Gasteiger partial charge in [-0.3, -0.25) is 10.0 Å². The van der Waals surface area contributed by atoms with E-state index < -0.39 is 5.91 Å². The van der Waals surface area contributed by atoms with Gasteiger partial charge in [0.1, 0.15) is 5.75 Å². The molecule has 4 nitrogen and oxygen atoms in total. The Kier molecular flexibility index (Phi) is 4.49. The molecule has 0 aliphatic carbocycles. The van der Waals surface area contributed by atoms with Crippen molar-refractivity contribution in [3.8, 4) is 5.75 Å². The number of hydrogen-bond donors (Lipinski definition) is 3. The summed E-state index contributed by atoms with van der Waals surface area (Å²) in [7, 11) is 0. The minimum absolute atomic E-state index is 0.0862. The van der Waals surface area contributed by atoms with Crippen LogP contribution in [-0.4, -0.2) is 16.2 Å². The standard InChI is InChI=1S/C16H25NO3/c1-15(2,3)11-7-10(9-13(18)17-20)8-12(14(11)19)16(4,5)6/h7-8,19-20H,9H2,1-6H3,(H,17,18). The van der Waals surface area contributed by atoms with E-state index in [0.29, 0.717) is 0 Å². The third-order valence-electron chi connectivity index (χ3n) is 3.28. The number of rotatable bonds is 2. The predicted molar refractivity (Wildman–Crippen MR) is 79.1 cm³/mol. The second kappa shape index (κ2) is 5.44. The van der Waals surface area contributed by atoms with E-state index >= 15 is 0 Å². The highest BCUT2D eigenvalue weighted by Gasteiger charge is 2.26. The maximum atomic E-state index is 11.4. The predicted octanol–water partition coefficient (Wildman–Crippen LogP) is 3.04. The molecule has 0 aromatic heterocycles. The zero-order chi connectivity index (χ0) is 15.7. The lowest BCUT2D eigenvalue weighted by atomic mass is 9.78. The molecule has 3 N–H and O–H groups in total. The molecule has 0 bridgehead atoms. The van der Waals surface area contributed by atoms with Gasteiger partial charge in [-0.2, -0.15) is 0 Å². The summed E-state index contributed by atoms with van der Waals surface area (Å²) < 4.78 is 0. The van der Waals surface area contributed by atoms with Crippen LogP contribution in [0.25, 0.3) is 0 Å². The Morgan fingerprint density at radius 1 is 1.05 bits per heavy atom. The number of aromatic hydroxyl groups is 1. The summed E-state index contributed by atoms with van der Waals surface area (Å²) in [6.45, 7) is 12.1. The molecule has 1 rings (SSSR count). The van der Waals surface area contributed by atoms with Gasteiger partial charge >= 0.3 is 0 Å². The summed E-state index contributed by atoms with van der Waals surface area (Å²) in [6, 6.07) is 3.67. The van der Waals surface area contributed by atoms with Gasteiger partial charge in [0.2, 0.25) is 5.91 Å². The van der Waals surface area contributed by atoms with E-state index in [0.717, 1.165) is 16.7 Å². The number of hydrogen-bond acceptors (Lipinski definition) is 3. The summed E-state index contributed by atoms with van der Waals surface area (Å²) in [5.41, 5.74) is 3.59. The largest absolute Gasteiger partial charge is 0.507 e. The van der Waals surface area contributed by atoms with E-state index in [1.165, 1.54) is 0 Å². The Morgan fingerprint density at radius 2 is 1.45 bits per heavy atom. The van der Waals surface area contributed by atoms with Gasteiger partial charge in [0.25, 0.3) is 0 Å². The number of phenols is 1. The Labute approximate surface area is 120 Å². The third kappa shape index (κ3) is 3.73. The van der Waals surface area contributed by atoms with Crippen molar-refractivity contribution in [1.82, 2.24) is 5.48 Å². The average Bonchev–Trinajstić information content (AvgIpc) is 2.28. The summed E-state index contributed by atoms with van der Waals surface area (Å²) >= 11 is 0. The molecular weight excluding hydrogens is 254 g/mol. The molecule has 1 amide bonds. The van der Waals surface area contributed by atoms with Crippen molar-refractivity contribution in [2.45, 2.75) is 58.8 Å². The van der Waals surface area contributed by atoms with Gasteiger partial charge in [0.05, 0.1) is 6.42 Å². The van der Waals surface area contributed by atoms with E-state index in [9.17, 15) is 9.90 Å². The molecule has 0 aliphatic heterocycles. The second-order valence-corrected chi connectivity index (χ2v) is 7.25. The highest BCUT2D eigenvalue weighted by Crippen LogP contribution is 2.39. The van der Waals surface area contributed by atoms with Gasteiger partial charge in [-0.15, -0.1) is 0 Å². The summed E-state index contributed by atoms with van der Waals surface area (Å²) in [6.07, 6.45) is 0.0862. The highest BCUT2D eigenvalue weighted by atomic mass is 16.5. The lowest BCUT2D eigenvalue weighted by Crippen LogP contribution is -2.22. The number of amides is 1. The van der Waals surface area contributed by atoms with Crippen LogP contribution < -0.4 is 5.48 Å². The van der Waals surface area contributed by atoms with E-state index in [1.54, 1.807) is 5.48 Å². The molecule has 0 atom stereocenters. The zero-order valence-electron chi connectivity index (χ0n) is 13.2. The minimum atomic E-state index is -0.463. The number of carbonyl (C=O) groups is 1. The molecule has 20 heavy (non-hydrogen) atoms. The first-order valence-electron chi connectivity index (χ1n) is 6.76. The van der Waals surface area contributed by atoms with Crippen molar-refractivity contribution in [3.63, 3.8) is 0 Å². The summed E-state index contributed by atoms with van der Waals surface area (Å²) in [4.78, 5) is 11.4. The van der Waals surface area contributed by atoms with Crippen LogP contribution in [0.5, 0.6) is 5.75 Å². The van der Waals surface area contributed by atoms with Crippen LogP contribution in [0.3, 0.4) is 0 Å². The number of phenolic OH excluding ortho intramolecular Hbond substituents is 1. The normalized spacial score (nSPS) is 12.3. The van der Waals surface area contributed by atoms with E-state index in [1.807, 2.05) is 53.7 Å². The average molecular weight is 279 g/mol. The summed E-state index contributed by atoms with van der Waals surface area (Å²) in [5, 5.41) is 19.2. The molecule has 0 heterocycles. The van der Waals surface area contributed by atoms with Crippen molar-refractivity contribution < 1.29 is 15.1 Å². The van der Waals surface area contributed by atoms with Gasteiger partial charge in [0, 0.05) is 0 Å². The van der Waals surface area contributed by atoms with Crippen LogP contribution in [0.4, 0.5) is 0 Å². The fourth-order valence-corrected chi connectivity index (χ4v) is 2.16. The van der Waals surface area contributed by atoms with Gasteiger partial charge in [0.15, 0.2) is 0 Å². The van der Waals surface area contributed by atoms with Crippen LogP contribution in [0.15, 0.2) is 12.1 Å². The lowest BCUT2D eigenvalue weighted by Gasteiger charge is -2.28. The molecule has 0 spiro atoms. The Morgan fingerprint density at radius 3 is 1.75 bits per heavy atom. The zero-order valence-corrected chi connectivity index (χ0v) is 13.2. The molecule has 0 saturated heterocycles. The van der Waals surface area contributed by atoms with Gasteiger partial charge in [-0.05, 0) is 27.5 Å². The topological polar surface area (TPSA) is 69.6 Å². The second-order valence-electron chi connectivity index (χ2n) is 7.25. The van der Waals surface area contributed by atoms with E-state index in [4.69, 9.17) is 5.21 Å². The van der Waals surface area contributed by atoms with Crippen LogP contribution in [0.2, 0.25) is 0 Å². The molecule has 4 heteroatoms. The highest BCUT2D eigenvalue weighted by molar-refractivity contribution is 5.77. The monoisotopic (exact) mass is 279 g/mol. The molecule has 0 saturated carbocycles. The first-order valence-corrected chi connectivity index (χ1v) is 6.76. The fraction of sp³-hybridized carbons (Fsp3) is 0.562. The summed E-state index contributed by atoms with van der Waals surface area (Å²) in [5.74, 6) is -0.173. The van der Waals surface area contributed by atoms with Crippen LogP contribution in [-0.2, 0) is 22.0 Å². The quantitative estimate of drug-likeness (QED) is 0.575. The maximum Gasteiger partial charge on any atom is 0.247 e. The Hall–Kier alpha value is -1.55. The van der Waals surface area contributed by atoms with Crippen molar-refractivity contribution >= 4 is 5.91 Å². The Bertz CT molecular complexity index is 472. The molecule has 0 fully saturated rings. The smallest absolute Gasteiger partial charge is 0.247 e. The molecule has 112 valence electrons. The molecule has 0 radical (unpaired) electrons. The third-order valence-corrected chi connectivity index (χ3v) is 3.28. The molecule has 0 aliphatic rings. The fourth-order valence-electron chi connectivity index (χ4n) is 2.16. The van der Waals surface area contributed by atoms with E-state index in [-0.39, 0.29) is 23.0 Å². The molecule has 1 aromatic carbocycles. The van der Waals surface area contributed by atoms with Crippen molar-refractivity contribution in [2.75, 3.05) is 0 Å². The lowest BCUT2D eigenvalue weighted by molar-refractivity contribution is -0.128. The van der Waals surface area contributed by atoms with Gasteiger partial charge in [-0.1, -0.05) is 53.7 Å². The molecular formula is C16H25NO3. The minimum Gasteiger partial charge on any atom is -0.507 e. The number of carbonyl (C=O) groups excluding carboxylic acids is 1. The van der Waals surface area contributed by atoms with E-state index in [2.05, 4.69) is 0 Å². The first-order chi connectivity index (χ1) is 8.96. The van der Waals surface area contributed by atoms with Crippen molar-refractivity contribution in [2.24, 2.45) is 0 Å². The SMILES string of the molecule is CC(C)(C)c1cc(CC(=O)NO)cc(C(C)(C)C)c1O. The number of hydroxylamine groups is 1. The maximum absolute atomic E-state index is 11.4. The number of nitrogens with one attached hydrogen (secondary N) is 1. The van der Waals surface area contributed by atoms with Crippen molar-refractivity contribution in [1.29, 1.82) is 0 Å². The van der Waals surface area contributed by atoms with Crippen molar-refractivity contribution in [3.05, 3.63) is 28.8 Å². The van der Waals surface area contributed by atoms with Gasteiger partial charge < -0.3 is 5.11 Å². The number of benzene rings is 1. The first kappa shape index (κ1) is 16.5. The Balaban J connectivity index is 3.46. The van der Waals surface area contributed by atoms with Crippen LogP contribution in [0, 0.1) is 0 Å². The molecule has 1 aromatic rings. The van der Waals surface area contributed by atoms with Crippen LogP contribution in [0.1, 0.15) is 58.2 Å². The van der Waals surface area contributed by atoms with Crippen LogP contribution >= 0.6 is 0 Å².